The summed E-state index contributed by atoms with van der Waals surface area (Å²) in [5.41, 5.74) is 0.887. The van der Waals surface area contributed by atoms with Crippen LogP contribution in [-0.2, 0) is 0 Å². The van der Waals surface area contributed by atoms with Gasteiger partial charge in [0.15, 0.2) is 0 Å². The minimum Gasteiger partial charge on any atom is -0.411 e. The molecule has 1 N–H and O–H groups in total. The zero-order valence-corrected chi connectivity index (χ0v) is 7.32. The maximum atomic E-state index is 8.66. The highest BCUT2D eigenvalue weighted by atomic mass is 16.4. The van der Waals surface area contributed by atoms with Crippen LogP contribution >= 0.6 is 0 Å². The van der Waals surface area contributed by atoms with Crippen LogP contribution in [0.5, 0.6) is 0 Å². The molecule has 0 heterocycles. The van der Waals surface area contributed by atoms with Gasteiger partial charge in [0, 0.05) is 12.3 Å². The van der Waals surface area contributed by atoms with E-state index in [9.17, 15) is 0 Å². The molecule has 0 aromatic heterocycles. The molecule has 3 heteroatoms. The van der Waals surface area contributed by atoms with Gasteiger partial charge in [0.25, 0.3) is 0 Å². The molecule has 1 aliphatic rings. The molecular formula is C9H14N2O. The van der Waals surface area contributed by atoms with Crippen molar-refractivity contribution in [1.29, 1.82) is 5.26 Å². The van der Waals surface area contributed by atoms with Crippen LogP contribution in [0.1, 0.15) is 32.6 Å². The average molecular weight is 166 g/mol. The Morgan fingerprint density at radius 2 is 2.58 bits per heavy atom. The van der Waals surface area contributed by atoms with Gasteiger partial charge in [-0.25, -0.2) is 0 Å². The van der Waals surface area contributed by atoms with Gasteiger partial charge in [-0.2, -0.15) is 5.26 Å². The molecule has 0 amide bonds. The molecule has 1 rings (SSSR count). The smallest absolute Gasteiger partial charge is 0.0624 e. The molecule has 0 bridgehead atoms. The molecule has 0 aliphatic heterocycles. The summed E-state index contributed by atoms with van der Waals surface area (Å²) in [6, 6.07) is 2.15. The van der Waals surface area contributed by atoms with Crippen molar-refractivity contribution >= 4 is 5.71 Å². The first-order chi connectivity index (χ1) is 5.79. The Balaban J connectivity index is 2.56. The van der Waals surface area contributed by atoms with Gasteiger partial charge in [-0.15, -0.1) is 0 Å². The van der Waals surface area contributed by atoms with E-state index in [0.29, 0.717) is 18.3 Å². The van der Waals surface area contributed by atoms with Crippen molar-refractivity contribution in [2.75, 3.05) is 0 Å². The van der Waals surface area contributed by atoms with Crippen LogP contribution in [0.25, 0.3) is 0 Å². The monoisotopic (exact) mass is 166 g/mol. The normalized spacial score (nSPS) is 28.7. The van der Waals surface area contributed by atoms with E-state index in [1.807, 2.05) is 6.92 Å². The fraction of sp³-hybridized carbons (Fsp3) is 0.778. The summed E-state index contributed by atoms with van der Waals surface area (Å²) in [5.74, 6) is 0.679. The van der Waals surface area contributed by atoms with E-state index in [1.165, 1.54) is 0 Å². The predicted octanol–water partition coefficient (Wildman–Crippen LogP) is 2.17. The van der Waals surface area contributed by atoms with Crippen LogP contribution in [0, 0.1) is 23.2 Å². The van der Waals surface area contributed by atoms with Gasteiger partial charge in [0.05, 0.1) is 11.8 Å². The molecule has 1 fully saturated rings. The lowest BCUT2D eigenvalue weighted by molar-refractivity contribution is 0.311. The van der Waals surface area contributed by atoms with Gasteiger partial charge < -0.3 is 5.21 Å². The number of hydrogen-bond donors (Lipinski definition) is 1. The second-order valence-electron chi connectivity index (χ2n) is 3.43. The molecule has 0 aromatic carbocycles. The van der Waals surface area contributed by atoms with Crippen LogP contribution in [-0.4, -0.2) is 10.9 Å². The standard InChI is InChI=1S/C9H14N2O/c1-7(5-6-10)8-3-2-4-9(8)11-12/h7-8,12H,2-5H2,1H3. The van der Waals surface area contributed by atoms with Crippen molar-refractivity contribution in [3.8, 4) is 6.07 Å². The summed E-state index contributed by atoms with van der Waals surface area (Å²) in [4.78, 5) is 0. The van der Waals surface area contributed by atoms with Crippen molar-refractivity contribution in [2.45, 2.75) is 32.6 Å². The number of oxime groups is 1. The van der Waals surface area contributed by atoms with Gasteiger partial charge in [0.1, 0.15) is 0 Å². The molecule has 2 atom stereocenters. The molecule has 1 saturated carbocycles. The molecule has 0 aromatic rings. The van der Waals surface area contributed by atoms with Gasteiger partial charge in [0.2, 0.25) is 0 Å². The average Bonchev–Trinajstić information content (AvgIpc) is 2.51. The Hall–Kier alpha value is -1.04. The lowest BCUT2D eigenvalue weighted by Gasteiger charge is -2.15. The minimum atomic E-state index is 0.336. The minimum absolute atomic E-state index is 0.336. The van der Waals surface area contributed by atoms with Crippen molar-refractivity contribution < 1.29 is 5.21 Å². The topological polar surface area (TPSA) is 56.4 Å². The largest absolute Gasteiger partial charge is 0.411 e. The Morgan fingerprint density at radius 3 is 3.17 bits per heavy atom. The third-order valence-electron chi connectivity index (χ3n) is 2.60. The van der Waals surface area contributed by atoms with E-state index < -0.39 is 0 Å². The molecule has 0 spiro atoms. The molecule has 2 unspecified atom stereocenters. The molecule has 0 saturated heterocycles. The Morgan fingerprint density at radius 1 is 1.83 bits per heavy atom. The van der Waals surface area contributed by atoms with E-state index in [4.69, 9.17) is 10.5 Å². The predicted molar refractivity (Wildman–Crippen MR) is 46.0 cm³/mol. The molecule has 66 valence electrons. The highest BCUT2D eigenvalue weighted by Crippen LogP contribution is 2.30. The van der Waals surface area contributed by atoms with Crippen LogP contribution in [0.2, 0.25) is 0 Å². The second kappa shape index (κ2) is 4.10. The van der Waals surface area contributed by atoms with Crippen LogP contribution < -0.4 is 0 Å². The maximum absolute atomic E-state index is 8.66. The van der Waals surface area contributed by atoms with Gasteiger partial charge in [-0.3, -0.25) is 0 Å². The zero-order chi connectivity index (χ0) is 8.97. The molecule has 3 nitrogen and oxygen atoms in total. The molecule has 0 radical (unpaired) electrons. The third kappa shape index (κ3) is 1.76. The van der Waals surface area contributed by atoms with E-state index in [-0.39, 0.29) is 0 Å². The molecule has 12 heavy (non-hydrogen) atoms. The quantitative estimate of drug-likeness (QED) is 0.505. The number of nitrogens with zero attached hydrogens (tertiary/aromatic N) is 2. The summed E-state index contributed by atoms with van der Waals surface area (Å²) >= 11 is 0. The van der Waals surface area contributed by atoms with Crippen molar-refractivity contribution in [1.82, 2.24) is 0 Å². The van der Waals surface area contributed by atoms with Gasteiger partial charge in [-0.1, -0.05) is 12.1 Å². The van der Waals surface area contributed by atoms with Crippen molar-refractivity contribution in [3.63, 3.8) is 0 Å². The van der Waals surface area contributed by atoms with E-state index in [0.717, 1.165) is 25.0 Å². The summed E-state index contributed by atoms with van der Waals surface area (Å²) in [6.07, 6.45) is 3.63. The van der Waals surface area contributed by atoms with Gasteiger partial charge in [-0.05, 0) is 25.2 Å². The summed E-state index contributed by atoms with van der Waals surface area (Å²) in [6.45, 7) is 2.05. The van der Waals surface area contributed by atoms with Crippen molar-refractivity contribution in [2.24, 2.45) is 17.0 Å². The van der Waals surface area contributed by atoms with Crippen molar-refractivity contribution in [3.05, 3.63) is 0 Å². The lowest BCUT2D eigenvalue weighted by Crippen LogP contribution is -2.15. The first-order valence-corrected chi connectivity index (χ1v) is 4.37. The molecular weight excluding hydrogens is 152 g/mol. The third-order valence-corrected chi connectivity index (χ3v) is 2.60. The number of hydrogen-bond acceptors (Lipinski definition) is 3. The second-order valence-corrected chi connectivity index (χ2v) is 3.43. The van der Waals surface area contributed by atoms with Crippen LogP contribution in [0.3, 0.4) is 0 Å². The number of nitriles is 1. The van der Waals surface area contributed by atoms with Gasteiger partial charge >= 0.3 is 0 Å². The van der Waals surface area contributed by atoms with E-state index >= 15 is 0 Å². The summed E-state index contributed by atoms with van der Waals surface area (Å²) in [5, 5.41) is 20.4. The van der Waals surface area contributed by atoms with E-state index in [2.05, 4.69) is 11.2 Å². The Kier molecular flexibility index (Phi) is 3.09. The maximum Gasteiger partial charge on any atom is 0.0624 e. The Bertz CT molecular complexity index is 217. The van der Waals surface area contributed by atoms with Crippen LogP contribution in [0.4, 0.5) is 0 Å². The highest BCUT2D eigenvalue weighted by molar-refractivity contribution is 5.88. The summed E-state index contributed by atoms with van der Waals surface area (Å²) < 4.78 is 0. The van der Waals surface area contributed by atoms with E-state index in [1.54, 1.807) is 0 Å². The summed E-state index contributed by atoms with van der Waals surface area (Å²) in [7, 11) is 0. The van der Waals surface area contributed by atoms with Crippen LogP contribution in [0.15, 0.2) is 5.16 Å². The fourth-order valence-corrected chi connectivity index (χ4v) is 1.88. The number of rotatable bonds is 2. The zero-order valence-electron chi connectivity index (χ0n) is 7.32. The first kappa shape index (κ1) is 9.05. The first-order valence-electron chi connectivity index (χ1n) is 4.37. The fourth-order valence-electron chi connectivity index (χ4n) is 1.88. The SMILES string of the molecule is CC(CC#N)C1CCCC1=NO. The lowest BCUT2D eigenvalue weighted by atomic mass is 9.89. The molecule has 1 aliphatic carbocycles. The highest BCUT2D eigenvalue weighted by Gasteiger charge is 2.27. The Labute approximate surface area is 72.7 Å².